The van der Waals surface area contributed by atoms with Crippen LogP contribution in [0.3, 0.4) is 0 Å². The number of nitro groups is 1. The van der Waals surface area contributed by atoms with Crippen molar-refractivity contribution in [3.8, 4) is 28.7 Å². The number of aromatic nitrogens is 3. The van der Waals surface area contributed by atoms with E-state index in [0.29, 0.717) is 5.56 Å². The van der Waals surface area contributed by atoms with Crippen molar-refractivity contribution in [1.29, 1.82) is 0 Å². The van der Waals surface area contributed by atoms with Crippen molar-refractivity contribution in [3.05, 3.63) is 52.2 Å². The molecule has 2 aromatic heterocycles. The predicted molar refractivity (Wildman–Crippen MR) is 76.0 cm³/mol. The minimum absolute atomic E-state index is 0.00893. The molecule has 1 aromatic carbocycles. The van der Waals surface area contributed by atoms with Gasteiger partial charge in [-0.1, -0.05) is 16.8 Å². The van der Waals surface area contributed by atoms with E-state index in [9.17, 15) is 15.2 Å². The quantitative estimate of drug-likeness (QED) is 0.583. The lowest BCUT2D eigenvalue weighted by atomic mass is 10.1. The fourth-order valence-corrected chi connectivity index (χ4v) is 1.97. The Balaban J connectivity index is 2.09. The highest BCUT2D eigenvalue weighted by Gasteiger charge is 2.22. The molecule has 0 aliphatic carbocycles. The molecule has 0 spiro atoms. The van der Waals surface area contributed by atoms with Crippen LogP contribution in [-0.4, -0.2) is 25.2 Å². The molecule has 110 valence electrons. The lowest BCUT2D eigenvalue weighted by Gasteiger charge is -2.00. The number of nitrogens with zero attached hydrogens (tertiary/aromatic N) is 4. The zero-order valence-corrected chi connectivity index (χ0v) is 11.4. The van der Waals surface area contributed by atoms with Crippen molar-refractivity contribution >= 4 is 5.69 Å². The Hall–Kier alpha value is -3.29. The van der Waals surface area contributed by atoms with Gasteiger partial charge in [-0.15, -0.1) is 0 Å². The number of aryl methyl sites for hydroxylation is 1. The lowest BCUT2D eigenvalue weighted by molar-refractivity contribution is -0.384. The topological polar surface area (TPSA) is 115 Å². The van der Waals surface area contributed by atoms with E-state index in [4.69, 9.17) is 4.52 Å². The van der Waals surface area contributed by atoms with Crippen LogP contribution in [0.1, 0.15) is 5.56 Å². The molecule has 0 amide bonds. The summed E-state index contributed by atoms with van der Waals surface area (Å²) in [6.07, 6.45) is 1.41. The van der Waals surface area contributed by atoms with E-state index >= 15 is 0 Å². The number of phenolic OH excluding ortho intramolecular Hbond substituents is 1. The summed E-state index contributed by atoms with van der Waals surface area (Å²) in [6, 6.07) is 7.69. The van der Waals surface area contributed by atoms with Gasteiger partial charge in [-0.3, -0.25) is 10.1 Å². The monoisotopic (exact) mass is 298 g/mol. The molecule has 1 N–H and O–H groups in total. The van der Waals surface area contributed by atoms with E-state index in [1.54, 1.807) is 12.1 Å². The molecule has 0 bridgehead atoms. The Labute approximate surface area is 124 Å². The van der Waals surface area contributed by atoms with Crippen LogP contribution in [0.4, 0.5) is 5.69 Å². The minimum atomic E-state index is -0.567. The van der Waals surface area contributed by atoms with Crippen molar-refractivity contribution in [1.82, 2.24) is 15.1 Å². The van der Waals surface area contributed by atoms with Gasteiger partial charge in [0.1, 0.15) is 5.75 Å². The first-order valence-electron chi connectivity index (χ1n) is 6.30. The fraction of sp³-hybridized carbons (Fsp3) is 0.0714. The van der Waals surface area contributed by atoms with Crippen LogP contribution in [0, 0.1) is 17.0 Å². The van der Waals surface area contributed by atoms with E-state index in [2.05, 4.69) is 15.1 Å². The van der Waals surface area contributed by atoms with E-state index in [-0.39, 0.29) is 28.8 Å². The van der Waals surface area contributed by atoms with Gasteiger partial charge >= 0.3 is 0 Å². The van der Waals surface area contributed by atoms with Crippen LogP contribution in [-0.2, 0) is 0 Å². The van der Waals surface area contributed by atoms with Gasteiger partial charge in [0.15, 0.2) is 5.69 Å². The molecule has 0 fully saturated rings. The van der Waals surface area contributed by atoms with E-state index < -0.39 is 4.92 Å². The zero-order chi connectivity index (χ0) is 15.7. The average Bonchev–Trinajstić information content (AvgIpc) is 2.99. The van der Waals surface area contributed by atoms with Crippen molar-refractivity contribution in [2.75, 3.05) is 0 Å². The third-order valence-electron chi connectivity index (χ3n) is 3.00. The van der Waals surface area contributed by atoms with Gasteiger partial charge in [0, 0.05) is 12.3 Å². The number of aromatic hydroxyl groups is 1. The van der Waals surface area contributed by atoms with Crippen molar-refractivity contribution in [3.63, 3.8) is 0 Å². The minimum Gasteiger partial charge on any atom is -0.507 e. The van der Waals surface area contributed by atoms with E-state index in [1.165, 1.54) is 24.4 Å². The molecule has 8 heteroatoms. The molecule has 0 radical (unpaired) electrons. The smallest absolute Gasteiger partial charge is 0.298 e. The summed E-state index contributed by atoms with van der Waals surface area (Å²) >= 11 is 0. The largest absolute Gasteiger partial charge is 0.507 e. The number of rotatable bonds is 3. The van der Waals surface area contributed by atoms with Gasteiger partial charge in [0.05, 0.1) is 10.5 Å². The van der Waals surface area contributed by atoms with Crippen LogP contribution in [0.15, 0.2) is 41.1 Å². The standard InChI is InChI=1S/C14H10N4O4/c1-8-4-5-11(19)9(7-8)14-16-13(17-22-14)12-10(18(20)21)3-2-6-15-12/h2-7,19H,1H3. The average molecular weight is 298 g/mol. The van der Waals surface area contributed by atoms with Gasteiger partial charge in [-0.25, -0.2) is 4.98 Å². The number of pyridine rings is 1. The number of hydrogen-bond donors (Lipinski definition) is 1. The summed E-state index contributed by atoms with van der Waals surface area (Å²) in [5.74, 6) is 0.0377. The highest BCUT2D eigenvalue weighted by molar-refractivity contribution is 5.67. The second kappa shape index (κ2) is 5.24. The molecule has 2 heterocycles. The Kier molecular flexibility index (Phi) is 3.26. The van der Waals surface area contributed by atoms with Crippen molar-refractivity contribution in [2.45, 2.75) is 6.92 Å². The highest BCUT2D eigenvalue weighted by Crippen LogP contribution is 2.31. The molecule has 8 nitrogen and oxygen atoms in total. The summed E-state index contributed by atoms with van der Waals surface area (Å²) in [6.45, 7) is 1.85. The van der Waals surface area contributed by atoms with Crippen LogP contribution < -0.4 is 0 Å². The Morgan fingerprint density at radius 1 is 1.32 bits per heavy atom. The molecular formula is C14H10N4O4. The number of benzene rings is 1. The molecule has 0 saturated heterocycles. The Morgan fingerprint density at radius 3 is 2.91 bits per heavy atom. The van der Waals surface area contributed by atoms with Crippen molar-refractivity contribution < 1.29 is 14.6 Å². The molecule has 22 heavy (non-hydrogen) atoms. The maximum atomic E-state index is 11.0. The van der Waals surface area contributed by atoms with Crippen LogP contribution in [0.2, 0.25) is 0 Å². The molecule has 3 rings (SSSR count). The molecule has 0 aliphatic rings. The van der Waals surface area contributed by atoms with Crippen LogP contribution in [0.5, 0.6) is 5.75 Å². The molecule has 0 aliphatic heterocycles. The second-order valence-corrected chi connectivity index (χ2v) is 4.57. The van der Waals surface area contributed by atoms with Gasteiger partial charge < -0.3 is 9.63 Å². The summed E-state index contributed by atoms with van der Waals surface area (Å²) in [4.78, 5) is 18.5. The number of phenols is 1. The van der Waals surface area contributed by atoms with Gasteiger partial charge in [0.25, 0.3) is 11.6 Å². The van der Waals surface area contributed by atoms with E-state index in [1.807, 2.05) is 6.92 Å². The summed E-state index contributed by atoms with van der Waals surface area (Å²) < 4.78 is 5.09. The maximum Gasteiger partial charge on any atom is 0.298 e. The molecule has 0 saturated carbocycles. The summed E-state index contributed by atoms with van der Waals surface area (Å²) in [5, 5.41) is 24.6. The maximum absolute atomic E-state index is 11.0. The van der Waals surface area contributed by atoms with Gasteiger partial charge in [-0.2, -0.15) is 4.98 Å². The molecule has 0 atom stereocenters. The van der Waals surface area contributed by atoms with Gasteiger partial charge in [-0.05, 0) is 25.1 Å². The van der Waals surface area contributed by atoms with Crippen molar-refractivity contribution in [2.24, 2.45) is 0 Å². The first-order chi connectivity index (χ1) is 10.6. The first-order valence-corrected chi connectivity index (χ1v) is 6.30. The number of hydrogen-bond acceptors (Lipinski definition) is 7. The van der Waals surface area contributed by atoms with E-state index in [0.717, 1.165) is 5.56 Å². The third-order valence-corrected chi connectivity index (χ3v) is 3.00. The highest BCUT2D eigenvalue weighted by atomic mass is 16.6. The third kappa shape index (κ3) is 2.37. The second-order valence-electron chi connectivity index (χ2n) is 4.57. The van der Waals surface area contributed by atoms with Gasteiger partial charge in [0.2, 0.25) is 5.82 Å². The van der Waals surface area contributed by atoms with Crippen LogP contribution in [0.25, 0.3) is 23.0 Å². The fourth-order valence-electron chi connectivity index (χ4n) is 1.97. The molecule has 0 unspecified atom stereocenters. The lowest BCUT2D eigenvalue weighted by Crippen LogP contribution is -1.95. The summed E-state index contributed by atoms with van der Waals surface area (Å²) in [5.41, 5.74) is 1.05. The van der Waals surface area contributed by atoms with Crippen LogP contribution >= 0.6 is 0 Å². The Morgan fingerprint density at radius 2 is 2.14 bits per heavy atom. The first kappa shape index (κ1) is 13.7. The summed E-state index contributed by atoms with van der Waals surface area (Å²) in [7, 11) is 0. The molecular weight excluding hydrogens is 288 g/mol. The normalized spacial score (nSPS) is 10.6. The Bertz CT molecular complexity index is 860. The SMILES string of the molecule is Cc1ccc(O)c(-c2nc(-c3ncccc3[N+](=O)[O-])no2)c1. The zero-order valence-electron chi connectivity index (χ0n) is 11.4. The molecule has 3 aromatic rings. The predicted octanol–water partition coefficient (Wildman–Crippen LogP) is 2.72.